The minimum atomic E-state index is -0.817. The summed E-state index contributed by atoms with van der Waals surface area (Å²) in [6.07, 6.45) is 6.25. The predicted octanol–water partition coefficient (Wildman–Crippen LogP) is 1.76. The highest BCUT2D eigenvalue weighted by Gasteiger charge is 2.00. The summed E-state index contributed by atoms with van der Waals surface area (Å²) in [4.78, 5) is 10.9. The van der Waals surface area contributed by atoms with Crippen LogP contribution in [0.25, 0.3) is 0 Å². The second kappa shape index (κ2) is 4.98. The Hall–Kier alpha value is -0.880. The molecule has 0 saturated carbocycles. The molecule has 0 unspecified atom stereocenters. The molecule has 0 atom stereocenters. The van der Waals surface area contributed by atoms with Crippen molar-refractivity contribution in [2.75, 3.05) is 25.4 Å². The number of rotatable bonds is 2. The Labute approximate surface area is 81.7 Å². The lowest BCUT2D eigenvalue weighted by Gasteiger charge is -2.14. The first kappa shape index (κ1) is 12.1. The fourth-order valence-corrected chi connectivity index (χ4v) is 0.963. The van der Waals surface area contributed by atoms with Gasteiger partial charge < -0.3 is 4.74 Å². The van der Waals surface area contributed by atoms with Gasteiger partial charge in [0.25, 0.3) is 0 Å². The number of hydrogen-bond acceptors (Lipinski definition) is 2. The van der Waals surface area contributed by atoms with Gasteiger partial charge in [-0.25, -0.2) is 4.79 Å². The van der Waals surface area contributed by atoms with Crippen LogP contribution in [0.4, 0.5) is 0 Å². The number of ether oxygens (including phenoxy) is 1. The fraction of sp³-hybridized carbons (Fsp3) is 0.500. The lowest BCUT2D eigenvalue weighted by molar-refractivity contribution is -0.137. The summed E-state index contributed by atoms with van der Waals surface area (Å²) in [5, 5.41) is 3.04. The number of carbonyl (C=O) groups excluding carboxylic acids is 1. The highest BCUT2D eigenvalue weighted by atomic mass is 32.3. The lowest BCUT2D eigenvalue weighted by atomic mass is 10.4. The molecule has 0 aromatic heterocycles. The topological polar surface area (TPSA) is 26.3 Å². The van der Waals surface area contributed by atoms with Crippen molar-refractivity contribution in [3.05, 3.63) is 12.2 Å². The number of hydrogen-bond donors (Lipinski definition) is 0. The van der Waals surface area contributed by atoms with E-state index in [1.165, 1.54) is 0 Å². The Morgan fingerprint density at radius 2 is 2.00 bits per heavy atom. The van der Waals surface area contributed by atoms with E-state index in [-0.39, 0.29) is 12.6 Å². The van der Waals surface area contributed by atoms with Gasteiger partial charge >= 0.3 is 5.97 Å². The summed E-state index contributed by atoms with van der Waals surface area (Å²) < 4.78 is 4.80. The molecule has 0 aromatic carbocycles. The van der Waals surface area contributed by atoms with Gasteiger partial charge in [0.2, 0.25) is 0 Å². The molecule has 0 saturated heterocycles. The highest BCUT2D eigenvalue weighted by molar-refractivity contribution is 8.35. The van der Waals surface area contributed by atoms with Gasteiger partial charge in [0.1, 0.15) is 0 Å². The molecule has 0 amide bonds. The Morgan fingerprint density at radius 3 is 2.38 bits per heavy atom. The van der Waals surface area contributed by atoms with Gasteiger partial charge in [0.05, 0.1) is 0 Å². The maximum Gasteiger partial charge on any atom is 0.334 e. The minimum Gasteiger partial charge on any atom is -0.449 e. The molecule has 2 nitrogen and oxygen atoms in total. The van der Waals surface area contributed by atoms with Crippen molar-refractivity contribution in [1.29, 1.82) is 0 Å². The fourth-order valence-electron chi connectivity index (χ4n) is 0.471. The van der Waals surface area contributed by atoms with Crippen molar-refractivity contribution < 1.29 is 9.53 Å². The third-order valence-electron chi connectivity index (χ3n) is 1.00. The van der Waals surface area contributed by atoms with Gasteiger partial charge in [-0.3, -0.25) is 0 Å². The lowest BCUT2D eigenvalue weighted by Crippen LogP contribution is -2.04. The molecule has 0 radical (unpaired) electrons. The quantitative estimate of drug-likeness (QED) is 0.386. The molecule has 0 spiro atoms. The molecule has 74 valence electrons. The molecule has 0 aliphatic heterocycles. The van der Waals surface area contributed by atoms with Crippen molar-refractivity contribution in [3.63, 3.8) is 0 Å². The van der Waals surface area contributed by atoms with Crippen molar-refractivity contribution in [2.45, 2.75) is 6.92 Å². The van der Waals surface area contributed by atoms with Crippen LogP contribution in [-0.2, 0) is 9.53 Å². The van der Waals surface area contributed by atoms with E-state index >= 15 is 0 Å². The molecule has 0 fully saturated rings. The molecule has 0 aliphatic rings. The highest BCUT2D eigenvalue weighted by Crippen LogP contribution is 2.31. The molecule has 0 N–H and O–H groups in total. The van der Waals surface area contributed by atoms with Crippen molar-refractivity contribution in [3.8, 4) is 11.2 Å². The van der Waals surface area contributed by atoms with Crippen LogP contribution in [0, 0.1) is 11.2 Å². The van der Waals surface area contributed by atoms with Crippen molar-refractivity contribution in [2.24, 2.45) is 0 Å². The van der Waals surface area contributed by atoms with Crippen LogP contribution in [-0.4, -0.2) is 31.3 Å². The molecule has 3 heteroatoms. The Kier molecular flexibility index (Phi) is 4.64. The molecule has 0 aromatic rings. The molecule has 0 aliphatic carbocycles. The van der Waals surface area contributed by atoms with Gasteiger partial charge in [-0.1, -0.05) is 17.8 Å². The normalized spacial score (nSPS) is 11.1. The minimum absolute atomic E-state index is 0.163. The first-order valence-electron chi connectivity index (χ1n) is 3.83. The number of carbonyl (C=O) groups is 1. The molecular weight excluding hydrogens is 184 g/mol. The van der Waals surface area contributed by atoms with Gasteiger partial charge in [-0.15, -0.1) is 0 Å². The Balaban J connectivity index is 3.85. The van der Waals surface area contributed by atoms with E-state index in [1.807, 2.05) is 0 Å². The van der Waals surface area contributed by atoms with E-state index < -0.39 is 10.0 Å². The Bertz CT molecular complexity index is 263. The predicted molar refractivity (Wildman–Crippen MR) is 58.9 cm³/mol. The van der Waals surface area contributed by atoms with E-state index in [1.54, 1.807) is 6.92 Å². The van der Waals surface area contributed by atoms with Gasteiger partial charge in [0, 0.05) is 5.57 Å². The molecule has 0 heterocycles. The Morgan fingerprint density at radius 1 is 1.46 bits per heavy atom. The second-order valence-corrected chi connectivity index (χ2v) is 7.35. The monoisotopic (exact) mass is 200 g/mol. The van der Waals surface area contributed by atoms with Crippen LogP contribution in [0.5, 0.6) is 0 Å². The van der Waals surface area contributed by atoms with E-state index in [4.69, 9.17) is 4.74 Å². The van der Waals surface area contributed by atoms with Gasteiger partial charge in [-0.2, -0.15) is 10.0 Å². The van der Waals surface area contributed by atoms with Crippen LogP contribution in [0.3, 0.4) is 0 Å². The summed E-state index contributed by atoms with van der Waals surface area (Å²) in [5.74, 6) is 2.44. The van der Waals surface area contributed by atoms with Crippen LogP contribution in [0.15, 0.2) is 12.2 Å². The summed E-state index contributed by atoms with van der Waals surface area (Å²) >= 11 is 0. The summed E-state index contributed by atoms with van der Waals surface area (Å²) in [6, 6.07) is 0. The summed E-state index contributed by atoms with van der Waals surface area (Å²) in [6.45, 7) is 5.24. The van der Waals surface area contributed by atoms with E-state index in [2.05, 4.69) is 36.5 Å². The van der Waals surface area contributed by atoms with E-state index in [9.17, 15) is 4.79 Å². The molecule has 0 rings (SSSR count). The van der Waals surface area contributed by atoms with Crippen molar-refractivity contribution >= 4 is 16.0 Å². The van der Waals surface area contributed by atoms with Crippen molar-refractivity contribution in [1.82, 2.24) is 0 Å². The third-order valence-corrected chi connectivity index (χ3v) is 1.76. The smallest absolute Gasteiger partial charge is 0.334 e. The van der Waals surface area contributed by atoms with E-state index in [0.717, 1.165) is 0 Å². The summed E-state index contributed by atoms with van der Waals surface area (Å²) in [5.41, 5.74) is 0.407. The van der Waals surface area contributed by atoms with Crippen LogP contribution in [0.2, 0.25) is 0 Å². The maximum absolute atomic E-state index is 10.9. The molecule has 13 heavy (non-hydrogen) atoms. The summed E-state index contributed by atoms with van der Waals surface area (Å²) in [7, 11) is -0.817. The number of esters is 1. The van der Waals surface area contributed by atoms with Crippen LogP contribution in [0.1, 0.15) is 6.92 Å². The molecule has 0 bridgehead atoms. The van der Waals surface area contributed by atoms with Gasteiger partial charge in [0.15, 0.2) is 6.61 Å². The second-order valence-electron chi connectivity index (χ2n) is 3.47. The average Bonchev–Trinajstić information content (AvgIpc) is 1.95. The van der Waals surface area contributed by atoms with E-state index in [0.29, 0.717) is 5.57 Å². The first-order chi connectivity index (χ1) is 5.83. The SMILES string of the molecule is C=C(C)C(=O)OCC#CS(C)(C)C. The average molecular weight is 200 g/mol. The van der Waals surface area contributed by atoms with Crippen LogP contribution >= 0.6 is 10.0 Å². The largest absolute Gasteiger partial charge is 0.449 e. The zero-order valence-corrected chi connectivity index (χ0v) is 9.46. The molecular formula is C10H16O2S. The zero-order chi connectivity index (χ0) is 10.5. The first-order valence-corrected chi connectivity index (χ1v) is 6.69. The third kappa shape index (κ3) is 7.48. The van der Waals surface area contributed by atoms with Crippen LogP contribution < -0.4 is 0 Å². The van der Waals surface area contributed by atoms with Gasteiger partial charge in [-0.05, 0) is 25.7 Å². The zero-order valence-electron chi connectivity index (χ0n) is 8.64. The standard InChI is InChI=1S/C10H16O2S/c1-9(2)10(11)12-7-6-8-13(3,4)5/h1,7H2,2-5H3. The maximum atomic E-state index is 10.9.